The standard InChI is InChI=1S/C17H20FN3O2S2.C2HF3O2/c1-12-19-16(11-24-12)9-21-8-14-7-20(10-17(14)25(21,22)23)6-13-2-4-15(18)5-3-13;3-2(4,5)1(6)7/h2-5,11,14,17H,6-10H2,1H3;(H,6,7). The molecule has 13 heteroatoms. The number of likely N-dealkylation sites (tertiary alicyclic amines) is 1. The number of thiazole rings is 1. The van der Waals surface area contributed by atoms with Crippen LogP contribution in [0.5, 0.6) is 0 Å². The number of nitrogens with zero attached hydrogens (tertiary/aromatic N) is 3. The predicted octanol–water partition coefficient (Wildman–Crippen LogP) is 2.87. The molecule has 2 unspecified atom stereocenters. The Bertz CT molecular complexity index is 1060. The van der Waals surface area contributed by atoms with E-state index in [1.54, 1.807) is 27.8 Å². The lowest BCUT2D eigenvalue weighted by molar-refractivity contribution is -0.192. The molecule has 2 saturated heterocycles. The van der Waals surface area contributed by atoms with Crippen molar-refractivity contribution in [3.05, 3.63) is 51.7 Å². The summed E-state index contributed by atoms with van der Waals surface area (Å²) in [4.78, 5) is 15.4. The second-order valence-electron chi connectivity index (χ2n) is 7.62. The van der Waals surface area contributed by atoms with E-state index in [1.165, 1.54) is 12.1 Å². The summed E-state index contributed by atoms with van der Waals surface area (Å²) in [6, 6.07) is 6.41. The highest BCUT2D eigenvalue weighted by atomic mass is 32.2. The van der Waals surface area contributed by atoms with Crippen LogP contribution in [0.3, 0.4) is 0 Å². The first kappa shape index (κ1) is 24.6. The molecule has 2 aliphatic heterocycles. The number of carboxylic acid groups (broad SMARTS) is 1. The van der Waals surface area contributed by atoms with Gasteiger partial charge in [-0.2, -0.15) is 17.5 Å². The Kier molecular flexibility index (Phi) is 7.22. The second kappa shape index (κ2) is 9.41. The summed E-state index contributed by atoms with van der Waals surface area (Å²) >= 11 is 1.54. The van der Waals surface area contributed by atoms with Gasteiger partial charge < -0.3 is 5.11 Å². The quantitative estimate of drug-likeness (QED) is 0.656. The lowest BCUT2D eigenvalue weighted by Crippen LogP contribution is -2.34. The van der Waals surface area contributed by atoms with Crippen molar-refractivity contribution in [3.8, 4) is 0 Å². The largest absolute Gasteiger partial charge is 0.490 e. The van der Waals surface area contributed by atoms with Crippen molar-refractivity contribution in [1.82, 2.24) is 14.2 Å². The molecule has 1 aromatic carbocycles. The number of carbonyl (C=O) groups is 1. The number of carboxylic acids is 1. The Morgan fingerprint density at radius 3 is 2.31 bits per heavy atom. The Hall–Kier alpha value is -2.09. The molecule has 2 fully saturated rings. The van der Waals surface area contributed by atoms with Gasteiger partial charge in [-0.25, -0.2) is 22.6 Å². The maximum atomic E-state index is 13.0. The molecule has 0 saturated carbocycles. The van der Waals surface area contributed by atoms with Gasteiger partial charge in [0.15, 0.2) is 0 Å². The molecule has 0 radical (unpaired) electrons. The van der Waals surface area contributed by atoms with Crippen LogP contribution >= 0.6 is 11.3 Å². The monoisotopic (exact) mass is 495 g/mol. The van der Waals surface area contributed by atoms with Crippen LogP contribution in [0.25, 0.3) is 0 Å². The van der Waals surface area contributed by atoms with Crippen LogP contribution in [0.1, 0.15) is 16.3 Å². The second-order valence-corrected chi connectivity index (χ2v) is 10.8. The molecule has 0 spiro atoms. The zero-order valence-electron chi connectivity index (χ0n) is 16.9. The molecule has 0 bridgehead atoms. The first-order chi connectivity index (χ1) is 14.9. The third-order valence-corrected chi connectivity index (χ3v) is 8.32. The van der Waals surface area contributed by atoms with Crippen molar-refractivity contribution in [3.63, 3.8) is 0 Å². The molecule has 32 heavy (non-hydrogen) atoms. The molecule has 7 nitrogen and oxygen atoms in total. The topological polar surface area (TPSA) is 90.8 Å². The number of fused-ring (bicyclic) bond motifs is 1. The number of hydrogen-bond donors (Lipinski definition) is 1. The molecule has 1 aromatic heterocycles. The smallest absolute Gasteiger partial charge is 0.475 e. The summed E-state index contributed by atoms with van der Waals surface area (Å²) in [5, 5.41) is 9.67. The lowest BCUT2D eigenvalue weighted by Gasteiger charge is -2.20. The maximum Gasteiger partial charge on any atom is 0.490 e. The van der Waals surface area contributed by atoms with Crippen molar-refractivity contribution in [2.24, 2.45) is 5.92 Å². The van der Waals surface area contributed by atoms with Crippen molar-refractivity contribution >= 4 is 27.3 Å². The van der Waals surface area contributed by atoms with Crippen LogP contribution in [0.4, 0.5) is 17.6 Å². The summed E-state index contributed by atoms with van der Waals surface area (Å²) in [6.07, 6.45) is -5.08. The average molecular weight is 496 g/mol. The molecule has 0 aliphatic carbocycles. The highest BCUT2D eigenvalue weighted by Crippen LogP contribution is 2.35. The Balaban J connectivity index is 0.000000360. The van der Waals surface area contributed by atoms with Crippen molar-refractivity contribution in [2.75, 3.05) is 19.6 Å². The number of rotatable bonds is 4. The summed E-state index contributed by atoms with van der Waals surface area (Å²) in [7, 11) is -3.29. The fourth-order valence-electron chi connectivity index (χ4n) is 3.79. The zero-order chi connectivity index (χ0) is 23.7. The summed E-state index contributed by atoms with van der Waals surface area (Å²) < 4.78 is 72.0. The van der Waals surface area contributed by atoms with Crippen LogP contribution in [-0.2, 0) is 27.9 Å². The van der Waals surface area contributed by atoms with Gasteiger partial charge in [-0.15, -0.1) is 11.3 Å². The number of aliphatic carboxylic acids is 1. The normalized spacial score (nSPS) is 22.9. The van der Waals surface area contributed by atoms with Crippen LogP contribution in [-0.4, -0.2) is 64.7 Å². The van der Waals surface area contributed by atoms with Crippen molar-refractivity contribution in [1.29, 1.82) is 0 Å². The van der Waals surface area contributed by atoms with Gasteiger partial charge in [0.05, 0.1) is 22.5 Å². The minimum absolute atomic E-state index is 0.130. The van der Waals surface area contributed by atoms with E-state index in [0.717, 1.165) is 22.8 Å². The fraction of sp³-hybridized carbons (Fsp3) is 0.474. The van der Waals surface area contributed by atoms with Crippen LogP contribution in [0, 0.1) is 18.7 Å². The van der Waals surface area contributed by atoms with Gasteiger partial charge in [-0.05, 0) is 24.6 Å². The number of aryl methyl sites for hydroxylation is 1. The molecule has 0 amide bonds. The van der Waals surface area contributed by atoms with Gasteiger partial charge in [-0.3, -0.25) is 4.90 Å². The third-order valence-electron chi connectivity index (χ3n) is 5.20. The Morgan fingerprint density at radius 2 is 1.81 bits per heavy atom. The van der Waals surface area contributed by atoms with E-state index in [4.69, 9.17) is 9.90 Å². The van der Waals surface area contributed by atoms with Gasteiger partial charge in [0, 0.05) is 37.5 Å². The molecule has 1 N–H and O–H groups in total. The van der Waals surface area contributed by atoms with Gasteiger partial charge in [0.1, 0.15) is 5.82 Å². The Labute approximate surface area is 186 Å². The fourth-order valence-corrected chi connectivity index (χ4v) is 6.55. The maximum absolute atomic E-state index is 13.0. The summed E-state index contributed by atoms with van der Waals surface area (Å²) in [6.45, 7) is 4.81. The molecule has 2 aromatic rings. The highest BCUT2D eigenvalue weighted by molar-refractivity contribution is 7.90. The molecule has 3 heterocycles. The Morgan fingerprint density at radius 1 is 1.19 bits per heavy atom. The summed E-state index contributed by atoms with van der Waals surface area (Å²) in [5.74, 6) is -2.88. The van der Waals surface area contributed by atoms with Crippen LogP contribution in [0.2, 0.25) is 0 Å². The van der Waals surface area contributed by atoms with Crippen LogP contribution < -0.4 is 0 Å². The van der Waals surface area contributed by atoms with E-state index in [1.807, 2.05) is 12.3 Å². The number of benzene rings is 1. The minimum atomic E-state index is -5.08. The van der Waals surface area contributed by atoms with E-state index in [2.05, 4.69) is 9.88 Å². The van der Waals surface area contributed by atoms with Crippen LogP contribution in [0.15, 0.2) is 29.6 Å². The van der Waals surface area contributed by atoms with Crippen molar-refractivity contribution < 1.29 is 35.9 Å². The molecule has 4 rings (SSSR count). The van der Waals surface area contributed by atoms with Gasteiger partial charge in [0.25, 0.3) is 0 Å². The predicted molar refractivity (Wildman–Crippen MR) is 109 cm³/mol. The van der Waals surface area contributed by atoms with E-state index in [9.17, 15) is 26.0 Å². The molecular weight excluding hydrogens is 474 g/mol. The minimum Gasteiger partial charge on any atom is -0.475 e. The number of halogens is 4. The van der Waals surface area contributed by atoms with E-state index in [0.29, 0.717) is 26.2 Å². The lowest BCUT2D eigenvalue weighted by atomic mass is 10.1. The van der Waals surface area contributed by atoms with Crippen molar-refractivity contribution in [2.45, 2.75) is 31.4 Å². The average Bonchev–Trinajstić information content (AvgIpc) is 3.34. The molecule has 2 atom stereocenters. The van der Waals surface area contributed by atoms with Gasteiger partial charge in [-0.1, -0.05) is 12.1 Å². The number of sulfonamides is 1. The SMILES string of the molecule is Cc1nc(CN2CC3CN(Cc4ccc(F)cc4)CC3S2(=O)=O)cs1.O=C(O)C(F)(F)F. The van der Waals surface area contributed by atoms with E-state index in [-0.39, 0.29) is 17.0 Å². The zero-order valence-corrected chi connectivity index (χ0v) is 18.6. The first-order valence-electron chi connectivity index (χ1n) is 9.53. The van der Waals surface area contributed by atoms with E-state index >= 15 is 0 Å². The third kappa shape index (κ3) is 5.82. The molecule has 2 aliphatic rings. The van der Waals surface area contributed by atoms with Gasteiger partial charge >= 0.3 is 12.1 Å². The summed E-state index contributed by atoms with van der Waals surface area (Å²) in [5.41, 5.74) is 1.84. The first-order valence-corrected chi connectivity index (χ1v) is 11.9. The highest BCUT2D eigenvalue weighted by Gasteiger charge is 2.50. The number of aromatic nitrogens is 1. The number of alkyl halides is 3. The van der Waals surface area contributed by atoms with E-state index < -0.39 is 22.2 Å². The number of hydrogen-bond acceptors (Lipinski definition) is 6. The van der Waals surface area contributed by atoms with Gasteiger partial charge in [0.2, 0.25) is 10.0 Å². The molecule has 176 valence electrons. The molecular formula is C19H21F4N3O4S2.